The molecule has 0 aliphatic rings. The minimum absolute atomic E-state index is 0.0221. The summed E-state index contributed by atoms with van der Waals surface area (Å²) in [5.41, 5.74) is 5.94. The zero-order valence-corrected chi connectivity index (χ0v) is 15.7. The summed E-state index contributed by atoms with van der Waals surface area (Å²) in [6, 6.07) is 12.9. The minimum atomic E-state index is -4.53. The number of anilines is 2. The predicted octanol–water partition coefficient (Wildman–Crippen LogP) is 5.29. The number of hydrogen-bond acceptors (Lipinski definition) is 4. The topological polar surface area (TPSA) is 80.9 Å². The van der Waals surface area contributed by atoms with E-state index in [1.165, 1.54) is 30.5 Å². The van der Waals surface area contributed by atoms with Crippen molar-refractivity contribution < 1.29 is 22.4 Å². The highest BCUT2D eigenvalue weighted by Crippen LogP contribution is 2.31. The highest BCUT2D eigenvalue weighted by molar-refractivity contribution is 6.05. The molecule has 156 valence electrons. The highest BCUT2D eigenvalue weighted by atomic mass is 19.4. The van der Waals surface area contributed by atoms with Crippen LogP contribution in [0.2, 0.25) is 0 Å². The molecule has 4 aromatic rings. The molecule has 0 bridgehead atoms. The summed E-state index contributed by atoms with van der Waals surface area (Å²) in [6.45, 7) is 0. The summed E-state index contributed by atoms with van der Waals surface area (Å²) in [5.74, 6) is -1.12. The van der Waals surface area contributed by atoms with E-state index < -0.39 is 23.5 Å². The number of nitrogen functional groups attached to an aromatic ring is 1. The molecule has 0 fully saturated rings. The van der Waals surface area contributed by atoms with Crippen LogP contribution in [0.25, 0.3) is 22.0 Å². The van der Waals surface area contributed by atoms with Gasteiger partial charge in [-0.15, -0.1) is 0 Å². The second-order valence-corrected chi connectivity index (χ2v) is 6.73. The standard InChI is InChI=1S/C22H14F4N4O/c23-18-6-4-13(20(31)29-16-3-1-2-15(10-16)22(24,25)26)9-17(18)12-5-7-19-14(8-12)11-28-21(27)30-19/h1-11H,(H,29,31)(H2,27,28,30). The molecule has 0 saturated heterocycles. The third-order valence-corrected chi connectivity index (χ3v) is 4.59. The number of fused-ring (bicyclic) bond motifs is 1. The van der Waals surface area contributed by atoms with Crippen LogP contribution in [0, 0.1) is 5.82 Å². The molecule has 1 aromatic heterocycles. The Bertz CT molecular complexity index is 1300. The lowest BCUT2D eigenvalue weighted by atomic mass is 10.0. The number of rotatable bonds is 3. The average molecular weight is 426 g/mol. The van der Waals surface area contributed by atoms with Gasteiger partial charge in [0.05, 0.1) is 11.1 Å². The summed E-state index contributed by atoms with van der Waals surface area (Å²) in [4.78, 5) is 20.6. The molecule has 0 spiro atoms. The number of hydrogen-bond donors (Lipinski definition) is 2. The van der Waals surface area contributed by atoms with E-state index in [1.807, 2.05) is 0 Å². The molecule has 0 unspecified atom stereocenters. The first-order valence-electron chi connectivity index (χ1n) is 9.01. The van der Waals surface area contributed by atoms with Crippen molar-refractivity contribution >= 4 is 28.4 Å². The Morgan fingerprint density at radius 2 is 1.81 bits per heavy atom. The van der Waals surface area contributed by atoms with Gasteiger partial charge in [0.25, 0.3) is 5.91 Å². The molecule has 3 aromatic carbocycles. The maximum atomic E-state index is 14.5. The fraction of sp³-hybridized carbons (Fsp3) is 0.0455. The molecule has 1 amide bonds. The van der Waals surface area contributed by atoms with Gasteiger partial charge in [-0.05, 0) is 54.1 Å². The number of nitrogens with one attached hydrogen (secondary N) is 1. The lowest BCUT2D eigenvalue weighted by molar-refractivity contribution is -0.137. The first kappa shape index (κ1) is 20.3. The van der Waals surface area contributed by atoms with E-state index in [1.54, 1.807) is 18.2 Å². The Balaban J connectivity index is 1.65. The molecule has 0 aliphatic carbocycles. The second-order valence-electron chi connectivity index (χ2n) is 6.73. The van der Waals surface area contributed by atoms with Gasteiger partial charge in [0.15, 0.2) is 0 Å². The molecule has 31 heavy (non-hydrogen) atoms. The summed E-state index contributed by atoms with van der Waals surface area (Å²) >= 11 is 0. The fourth-order valence-electron chi connectivity index (χ4n) is 3.08. The van der Waals surface area contributed by atoms with Crippen LogP contribution in [0.4, 0.5) is 29.2 Å². The van der Waals surface area contributed by atoms with Crippen LogP contribution in [-0.2, 0) is 6.18 Å². The molecule has 9 heteroatoms. The van der Waals surface area contributed by atoms with E-state index in [0.29, 0.717) is 16.5 Å². The molecule has 5 nitrogen and oxygen atoms in total. The molecule has 0 saturated carbocycles. The molecule has 0 atom stereocenters. The molecular formula is C22H14F4N4O. The third-order valence-electron chi connectivity index (χ3n) is 4.59. The molecule has 4 rings (SSSR count). The Hall–Kier alpha value is -4.01. The summed E-state index contributed by atoms with van der Waals surface area (Å²) in [7, 11) is 0. The minimum Gasteiger partial charge on any atom is -0.368 e. The highest BCUT2D eigenvalue weighted by Gasteiger charge is 2.30. The van der Waals surface area contributed by atoms with Crippen molar-refractivity contribution in [2.75, 3.05) is 11.1 Å². The van der Waals surface area contributed by atoms with Crippen LogP contribution < -0.4 is 11.1 Å². The van der Waals surface area contributed by atoms with Crippen molar-refractivity contribution in [2.45, 2.75) is 6.18 Å². The predicted molar refractivity (Wildman–Crippen MR) is 109 cm³/mol. The first-order valence-corrected chi connectivity index (χ1v) is 9.01. The van der Waals surface area contributed by atoms with Gasteiger partial charge in [-0.1, -0.05) is 12.1 Å². The van der Waals surface area contributed by atoms with Crippen LogP contribution >= 0.6 is 0 Å². The van der Waals surface area contributed by atoms with E-state index in [-0.39, 0.29) is 22.8 Å². The second kappa shape index (κ2) is 7.67. The number of carbonyl (C=O) groups excluding carboxylic acids is 1. The maximum absolute atomic E-state index is 14.5. The summed E-state index contributed by atoms with van der Waals surface area (Å²) in [6.07, 6.45) is -3.03. The van der Waals surface area contributed by atoms with Crippen molar-refractivity contribution in [3.05, 3.63) is 83.8 Å². The van der Waals surface area contributed by atoms with Crippen molar-refractivity contribution in [1.82, 2.24) is 9.97 Å². The molecule has 1 heterocycles. The smallest absolute Gasteiger partial charge is 0.368 e. The van der Waals surface area contributed by atoms with E-state index in [4.69, 9.17) is 5.73 Å². The SMILES string of the molecule is Nc1ncc2cc(-c3cc(C(=O)Nc4cccc(C(F)(F)F)c4)ccc3F)ccc2n1. The number of amides is 1. The normalized spacial score (nSPS) is 11.5. The quantitative estimate of drug-likeness (QED) is 0.436. The Kier molecular flexibility index (Phi) is 5.02. The zero-order valence-electron chi connectivity index (χ0n) is 15.7. The van der Waals surface area contributed by atoms with Crippen LogP contribution in [0.15, 0.2) is 66.9 Å². The van der Waals surface area contributed by atoms with Gasteiger partial charge in [-0.2, -0.15) is 13.2 Å². The molecular weight excluding hydrogens is 412 g/mol. The molecule has 0 radical (unpaired) electrons. The monoisotopic (exact) mass is 426 g/mol. The van der Waals surface area contributed by atoms with E-state index in [2.05, 4.69) is 15.3 Å². The van der Waals surface area contributed by atoms with Gasteiger partial charge < -0.3 is 11.1 Å². The molecule has 3 N–H and O–H groups in total. The first-order chi connectivity index (χ1) is 14.7. The lowest BCUT2D eigenvalue weighted by Crippen LogP contribution is -2.13. The number of halogens is 4. The van der Waals surface area contributed by atoms with Crippen LogP contribution in [0.5, 0.6) is 0 Å². The van der Waals surface area contributed by atoms with Gasteiger partial charge in [0, 0.05) is 28.4 Å². The van der Waals surface area contributed by atoms with Crippen LogP contribution in [0.1, 0.15) is 15.9 Å². The van der Waals surface area contributed by atoms with E-state index in [0.717, 1.165) is 18.2 Å². The Morgan fingerprint density at radius 3 is 2.58 bits per heavy atom. The number of nitrogens with two attached hydrogens (primary N) is 1. The number of alkyl halides is 3. The summed E-state index contributed by atoms with van der Waals surface area (Å²) < 4.78 is 53.1. The number of aromatic nitrogens is 2. The van der Waals surface area contributed by atoms with Gasteiger partial charge in [-0.25, -0.2) is 14.4 Å². The number of benzene rings is 3. The largest absolute Gasteiger partial charge is 0.416 e. The number of nitrogens with zero attached hydrogens (tertiary/aromatic N) is 2. The number of carbonyl (C=O) groups is 1. The van der Waals surface area contributed by atoms with E-state index >= 15 is 0 Å². The van der Waals surface area contributed by atoms with Crippen molar-refractivity contribution in [3.8, 4) is 11.1 Å². The van der Waals surface area contributed by atoms with Crippen molar-refractivity contribution in [3.63, 3.8) is 0 Å². The van der Waals surface area contributed by atoms with Crippen LogP contribution in [0.3, 0.4) is 0 Å². The summed E-state index contributed by atoms with van der Waals surface area (Å²) in [5, 5.41) is 3.04. The van der Waals surface area contributed by atoms with Crippen molar-refractivity contribution in [2.24, 2.45) is 0 Å². The van der Waals surface area contributed by atoms with Crippen molar-refractivity contribution in [1.29, 1.82) is 0 Å². The Morgan fingerprint density at radius 1 is 1.00 bits per heavy atom. The zero-order chi connectivity index (χ0) is 22.2. The lowest BCUT2D eigenvalue weighted by Gasteiger charge is -2.11. The van der Waals surface area contributed by atoms with Gasteiger partial charge in [0.1, 0.15) is 5.82 Å². The van der Waals surface area contributed by atoms with E-state index in [9.17, 15) is 22.4 Å². The van der Waals surface area contributed by atoms with Gasteiger partial charge in [-0.3, -0.25) is 4.79 Å². The fourth-order valence-corrected chi connectivity index (χ4v) is 3.08. The van der Waals surface area contributed by atoms with Gasteiger partial charge in [0.2, 0.25) is 5.95 Å². The molecule has 0 aliphatic heterocycles. The van der Waals surface area contributed by atoms with Gasteiger partial charge >= 0.3 is 6.18 Å². The Labute approximate surface area is 173 Å². The third kappa shape index (κ3) is 4.30. The average Bonchev–Trinajstić information content (AvgIpc) is 2.73. The maximum Gasteiger partial charge on any atom is 0.416 e. The van der Waals surface area contributed by atoms with Crippen LogP contribution in [-0.4, -0.2) is 15.9 Å².